The summed E-state index contributed by atoms with van der Waals surface area (Å²) in [6.45, 7) is 11.3. The van der Waals surface area contributed by atoms with E-state index in [-0.39, 0.29) is 6.10 Å². The van der Waals surface area contributed by atoms with Crippen LogP contribution in [0.25, 0.3) is 11.1 Å². The minimum Gasteiger partial charge on any atom is -0.440 e. The summed E-state index contributed by atoms with van der Waals surface area (Å²) in [6, 6.07) is 4.57. The van der Waals surface area contributed by atoms with Gasteiger partial charge in [-0.3, -0.25) is 0 Å². The van der Waals surface area contributed by atoms with Gasteiger partial charge < -0.3 is 14.5 Å². The number of fused-ring (bicyclic) bond motifs is 1. The van der Waals surface area contributed by atoms with Gasteiger partial charge in [0.15, 0.2) is 11.5 Å². The Kier molecular flexibility index (Phi) is 5.01. The number of aryl methyl sites for hydroxylation is 1. The van der Waals surface area contributed by atoms with Gasteiger partial charge >= 0.3 is 0 Å². The molecule has 1 N–H and O–H groups in total. The largest absolute Gasteiger partial charge is 0.440 e. The number of rotatable bonds is 6. The molecular weight excluding hydrogens is 264 g/mol. The first-order valence-electron chi connectivity index (χ1n) is 7.58. The first kappa shape index (κ1) is 16.0. The maximum absolute atomic E-state index is 5.84. The second kappa shape index (κ2) is 6.58. The summed E-state index contributed by atoms with van der Waals surface area (Å²) in [4.78, 5) is 4.59. The highest BCUT2D eigenvalue weighted by Crippen LogP contribution is 2.25. The van der Waals surface area contributed by atoms with E-state index in [9.17, 15) is 0 Å². The van der Waals surface area contributed by atoms with Gasteiger partial charge in [0.2, 0.25) is 0 Å². The Morgan fingerprint density at radius 3 is 2.57 bits per heavy atom. The Hall–Kier alpha value is -1.39. The third kappa shape index (κ3) is 3.63. The highest BCUT2D eigenvalue weighted by molar-refractivity contribution is 5.77. The van der Waals surface area contributed by atoms with Crippen molar-refractivity contribution < 1.29 is 9.15 Å². The van der Waals surface area contributed by atoms with Gasteiger partial charge in [-0.25, -0.2) is 4.98 Å². The highest BCUT2D eigenvalue weighted by atomic mass is 16.5. The number of hydrogen-bond donors (Lipinski definition) is 1. The van der Waals surface area contributed by atoms with E-state index in [1.54, 1.807) is 7.11 Å². The molecule has 1 aromatic carbocycles. The number of nitrogens with zero attached hydrogens (tertiary/aromatic N) is 1. The van der Waals surface area contributed by atoms with Crippen LogP contribution in [0.3, 0.4) is 0 Å². The third-order valence-corrected chi connectivity index (χ3v) is 3.95. The van der Waals surface area contributed by atoms with Crippen molar-refractivity contribution in [2.75, 3.05) is 7.11 Å². The predicted molar refractivity (Wildman–Crippen MR) is 85.6 cm³/mol. The first-order valence-corrected chi connectivity index (χ1v) is 7.58. The van der Waals surface area contributed by atoms with E-state index >= 15 is 0 Å². The van der Waals surface area contributed by atoms with Crippen LogP contribution in [-0.4, -0.2) is 24.2 Å². The zero-order valence-electron chi connectivity index (χ0n) is 13.9. The Bertz CT molecular complexity index is 604. The molecule has 0 bridgehead atoms. The number of nitrogens with one attached hydrogen (secondary N) is 1. The molecule has 2 atom stereocenters. The number of oxazole rings is 1. The third-order valence-electron chi connectivity index (χ3n) is 3.95. The van der Waals surface area contributed by atoms with E-state index in [1.165, 1.54) is 5.56 Å². The molecule has 0 amide bonds. The van der Waals surface area contributed by atoms with Gasteiger partial charge in [-0.1, -0.05) is 19.9 Å². The van der Waals surface area contributed by atoms with E-state index in [0.29, 0.717) is 12.0 Å². The smallest absolute Gasteiger partial charge is 0.198 e. The second-order valence-electron chi connectivity index (χ2n) is 6.08. The van der Waals surface area contributed by atoms with Crippen LogP contribution in [-0.2, 0) is 11.3 Å². The predicted octanol–water partition coefficient (Wildman–Crippen LogP) is 3.77. The summed E-state index contributed by atoms with van der Waals surface area (Å²) in [7, 11) is 1.74. The fourth-order valence-corrected chi connectivity index (χ4v) is 2.29. The molecule has 0 saturated carbocycles. The number of methoxy groups -OCH3 is 1. The minimum absolute atomic E-state index is 0.189. The molecule has 4 nitrogen and oxygen atoms in total. The quantitative estimate of drug-likeness (QED) is 0.879. The van der Waals surface area contributed by atoms with Crippen molar-refractivity contribution in [1.82, 2.24) is 10.3 Å². The van der Waals surface area contributed by atoms with Crippen molar-refractivity contribution in [3.8, 4) is 0 Å². The van der Waals surface area contributed by atoms with Crippen LogP contribution in [0.1, 0.15) is 50.6 Å². The van der Waals surface area contributed by atoms with Crippen molar-refractivity contribution >= 4 is 11.1 Å². The van der Waals surface area contributed by atoms with E-state index < -0.39 is 0 Å². The summed E-state index contributed by atoms with van der Waals surface area (Å²) in [5.74, 6) is 1.11. The van der Waals surface area contributed by atoms with Gasteiger partial charge in [0.25, 0.3) is 0 Å². The Morgan fingerprint density at radius 1 is 1.24 bits per heavy atom. The molecular formula is C17H26N2O2. The number of benzene rings is 1. The van der Waals surface area contributed by atoms with Gasteiger partial charge in [0.05, 0.1) is 6.10 Å². The molecule has 0 aliphatic carbocycles. The van der Waals surface area contributed by atoms with Crippen LogP contribution in [0.15, 0.2) is 16.5 Å². The summed E-state index contributed by atoms with van der Waals surface area (Å²) in [6.07, 6.45) is 0.189. The highest BCUT2D eigenvalue weighted by Gasteiger charge is 2.14. The summed E-state index contributed by atoms with van der Waals surface area (Å²) in [5.41, 5.74) is 4.21. The monoisotopic (exact) mass is 290 g/mol. The van der Waals surface area contributed by atoms with Crippen LogP contribution in [0.4, 0.5) is 0 Å². The molecule has 0 aliphatic heterocycles. The molecule has 0 aliphatic rings. The molecule has 2 aromatic rings. The van der Waals surface area contributed by atoms with Gasteiger partial charge in [-0.15, -0.1) is 0 Å². The molecule has 0 fully saturated rings. The molecule has 0 spiro atoms. The van der Waals surface area contributed by atoms with Crippen LogP contribution in [0.5, 0.6) is 0 Å². The molecule has 0 radical (unpaired) electrons. The minimum atomic E-state index is 0.189. The van der Waals surface area contributed by atoms with Crippen LogP contribution in [0, 0.1) is 6.92 Å². The Balaban J connectivity index is 2.18. The normalized spacial score (nSPS) is 14.8. The number of aromatic nitrogens is 1. The Morgan fingerprint density at radius 2 is 1.95 bits per heavy atom. The topological polar surface area (TPSA) is 47.3 Å². The number of hydrogen-bond acceptors (Lipinski definition) is 4. The molecule has 0 saturated heterocycles. The van der Waals surface area contributed by atoms with Crippen LogP contribution < -0.4 is 5.32 Å². The lowest BCUT2D eigenvalue weighted by molar-refractivity contribution is 0.0882. The summed E-state index contributed by atoms with van der Waals surface area (Å²) >= 11 is 0. The fraction of sp³-hybridized carbons (Fsp3) is 0.588. The van der Waals surface area contributed by atoms with E-state index in [0.717, 1.165) is 29.1 Å². The summed E-state index contributed by atoms with van der Waals surface area (Å²) in [5, 5.41) is 3.49. The van der Waals surface area contributed by atoms with Crippen molar-refractivity contribution in [3.63, 3.8) is 0 Å². The van der Waals surface area contributed by atoms with E-state index in [4.69, 9.17) is 9.15 Å². The van der Waals surface area contributed by atoms with Gasteiger partial charge in [0.1, 0.15) is 5.52 Å². The lowest BCUT2D eigenvalue weighted by atomic mass is 10.1. The molecule has 1 aromatic heterocycles. The zero-order chi connectivity index (χ0) is 15.6. The SMILES string of the molecule is CO[C@H](C)[C@@H](C)NCc1cc(C)c2oc(C(C)C)nc2c1. The molecule has 116 valence electrons. The lowest BCUT2D eigenvalue weighted by Crippen LogP contribution is -2.36. The van der Waals surface area contributed by atoms with Gasteiger partial charge in [0, 0.05) is 25.6 Å². The van der Waals surface area contributed by atoms with Crippen molar-refractivity contribution in [3.05, 3.63) is 29.2 Å². The fourth-order valence-electron chi connectivity index (χ4n) is 2.29. The maximum atomic E-state index is 5.84. The van der Waals surface area contributed by atoms with E-state index in [2.05, 4.69) is 57.1 Å². The second-order valence-corrected chi connectivity index (χ2v) is 6.08. The zero-order valence-corrected chi connectivity index (χ0v) is 13.9. The molecule has 4 heteroatoms. The number of ether oxygens (including phenoxy) is 1. The average Bonchev–Trinajstić information content (AvgIpc) is 2.88. The standard InChI is InChI=1S/C17H26N2O2/c1-10(2)17-19-15-8-14(7-11(3)16(15)21-17)9-18-12(4)13(5)20-6/h7-8,10,12-13,18H,9H2,1-6H3/t12-,13-/m1/s1. The molecule has 2 rings (SSSR count). The first-order chi connectivity index (χ1) is 9.92. The lowest BCUT2D eigenvalue weighted by Gasteiger charge is -2.20. The maximum Gasteiger partial charge on any atom is 0.198 e. The van der Waals surface area contributed by atoms with Gasteiger partial charge in [-0.2, -0.15) is 0 Å². The van der Waals surface area contributed by atoms with Crippen molar-refractivity contribution in [2.24, 2.45) is 0 Å². The Labute approximate surface area is 126 Å². The molecule has 0 unspecified atom stereocenters. The van der Waals surface area contributed by atoms with Crippen molar-refractivity contribution in [2.45, 2.75) is 59.2 Å². The summed E-state index contributed by atoms with van der Waals surface area (Å²) < 4.78 is 11.2. The average molecular weight is 290 g/mol. The molecule has 21 heavy (non-hydrogen) atoms. The van der Waals surface area contributed by atoms with Crippen LogP contribution >= 0.6 is 0 Å². The van der Waals surface area contributed by atoms with Gasteiger partial charge in [-0.05, 0) is 38.0 Å². The van der Waals surface area contributed by atoms with E-state index in [1.807, 2.05) is 0 Å². The molecule has 1 heterocycles. The van der Waals surface area contributed by atoms with Crippen molar-refractivity contribution in [1.29, 1.82) is 0 Å². The van der Waals surface area contributed by atoms with Crippen LogP contribution in [0.2, 0.25) is 0 Å².